The number of nitrogens with zero attached hydrogens (tertiary/aromatic N) is 1. The topological polar surface area (TPSA) is 40.2 Å². The van der Waals surface area contributed by atoms with Crippen LogP contribution in [0.1, 0.15) is 80.3 Å². The fourth-order valence-electron chi connectivity index (χ4n) is 11.1. The smallest absolute Gasteiger partial charge is 0.416 e. The average Bonchev–Trinajstić information content (AvgIpc) is 3.44. The van der Waals surface area contributed by atoms with E-state index in [1.807, 2.05) is 42.5 Å². The van der Waals surface area contributed by atoms with Gasteiger partial charge in [-0.25, -0.2) is 0 Å². The third-order valence-electron chi connectivity index (χ3n) is 12.5. The Morgan fingerprint density at radius 3 is 2.05 bits per heavy atom. The van der Waals surface area contributed by atoms with Crippen LogP contribution in [0.4, 0.5) is 18.9 Å². The Morgan fingerprint density at radius 2 is 1.41 bits per heavy atom. The Labute approximate surface area is 327 Å². The van der Waals surface area contributed by atoms with Crippen LogP contribution < -0.4 is 19.1 Å². The van der Waals surface area contributed by atoms with E-state index in [0.29, 0.717) is 50.6 Å². The van der Waals surface area contributed by atoms with Gasteiger partial charge in [-0.15, -0.1) is 0 Å². The molecular weight excluding hydrogens is 712 g/mol. The number of hydrogen-bond acceptors (Lipinski definition) is 5. The molecule has 1 unspecified atom stereocenters. The van der Waals surface area contributed by atoms with Gasteiger partial charge in [0.15, 0.2) is 5.60 Å². The molecule has 0 aromatic heterocycles. The molecule has 1 atom stereocenters. The predicted octanol–water partition coefficient (Wildman–Crippen LogP) is 11.6. The van der Waals surface area contributed by atoms with Crippen LogP contribution in [0.15, 0.2) is 91.0 Å². The number of halogens is 3. The van der Waals surface area contributed by atoms with Crippen molar-refractivity contribution in [2.24, 2.45) is 10.8 Å². The Kier molecular flexibility index (Phi) is 8.37. The van der Waals surface area contributed by atoms with Crippen LogP contribution >= 0.6 is 0 Å². The molecule has 0 radical (unpaired) electrons. The number of morpholine rings is 1. The highest BCUT2D eigenvalue weighted by Gasteiger charge is 2.56. The maximum Gasteiger partial charge on any atom is 0.416 e. The lowest BCUT2D eigenvalue weighted by Crippen LogP contribution is -2.44. The molecule has 56 heavy (non-hydrogen) atoms. The molecule has 2 fully saturated rings. The minimum Gasteiger partial charge on any atom is -0.497 e. The van der Waals surface area contributed by atoms with Crippen molar-refractivity contribution in [1.29, 1.82) is 0 Å². The zero-order chi connectivity index (χ0) is 39.3. The van der Waals surface area contributed by atoms with Gasteiger partial charge in [0.05, 0.1) is 38.7 Å². The van der Waals surface area contributed by atoms with Crippen LogP contribution in [0, 0.1) is 10.8 Å². The van der Waals surface area contributed by atoms with Crippen LogP contribution in [0.25, 0.3) is 28.0 Å². The SMILES string of the molecule is COc1ccc(C2(c3ccccc3)C=Cc3c4c(c5cc(N6CCOCC6)c(OC)cc5c3O2)-c2ccc(C(F)(F)F)cc2C42CC(C)(C)CC(C)(C)C2)cc1. The normalized spacial score (nSPS) is 21.6. The van der Waals surface area contributed by atoms with E-state index >= 15 is 0 Å². The van der Waals surface area contributed by atoms with Gasteiger partial charge in [-0.2, -0.15) is 13.2 Å². The highest BCUT2D eigenvalue weighted by molar-refractivity contribution is 6.10. The summed E-state index contributed by atoms with van der Waals surface area (Å²) in [6, 6.07) is 26.9. The van der Waals surface area contributed by atoms with Gasteiger partial charge in [0, 0.05) is 40.6 Å². The van der Waals surface area contributed by atoms with E-state index in [0.717, 1.165) is 67.6 Å². The van der Waals surface area contributed by atoms with Gasteiger partial charge < -0.3 is 23.8 Å². The summed E-state index contributed by atoms with van der Waals surface area (Å²) in [6.45, 7) is 11.7. The molecule has 0 bridgehead atoms. The van der Waals surface area contributed by atoms with E-state index in [1.165, 1.54) is 12.1 Å². The second-order valence-corrected chi connectivity index (χ2v) is 17.6. The van der Waals surface area contributed by atoms with Crippen molar-refractivity contribution >= 4 is 22.5 Å². The van der Waals surface area contributed by atoms with Gasteiger partial charge in [-0.05, 0) is 100 Å². The first-order chi connectivity index (χ1) is 26.7. The molecular formula is C48H48F3NO4. The number of hydrogen-bond donors (Lipinski definition) is 0. The largest absolute Gasteiger partial charge is 0.497 e. The molecule has 1 saturated carbocycles. The third-order valence-corrected chi connectivity index (χ3v) is 12.5. The molecule has 5 aromatic carbocycles. The summed E-state index contributed by atoms with van der Waals surface area (Å²) < 4.78 is 69.2. The number of methoxy groups -OCH3 is 2. The highest BCUT2D eigenvalue weighted by atomic mass is 19.4. The number of ether oxygens (including phenoxy) is 4. The number of rotatable bonds is 5. The lowest BCUT2D eigenvalue weighted by molar-refractivity contribution is -0.137. The van der Waals surface area contributed by atoms with E-state index in [4.69, 9.17) is 18.9 Å². The van der Waals surface area contributed by atoms with Crippen LogP contribution in [0.2, 0.25) is 0 Å². The van der Waals surface area contributed by atoms with Crippen molar-refractivity contribution in [2.75, 3.05) is 45.4 Å². The van der Waals surface area contributed by atoms with Crippen molar-refractivity contribution in [3.05, 3.63) is 124 Å². The first-order valence-corrected chi connectivity index (χ1v) is 19.5. The second kappa shape index (κ2) is 12.8. The van der Waals surface area contributed by atoms with E-state index in [-0.39, 0.29) is 10.8 Å². The van der Waals surface area contributed by atoms with Gasteiger partial charge in [0.2, 0.25) is 0 Å². The van der Waals surface area contributed by atoms with Crippen molar-refractivity contribution in [3.8, 4) is 28.4 Å². The fourth-order valence-corrected chi connectivity index (χ4v) is 11.1. The maximum absolute atomic E-state index is 14.7. The van der Waals surface area contributed by atoms with Gasteiger partial charge in [0.25, 0.3) is 0 Å². The molecule has 9 rings (SSSR count). The molecule has 0 amide bonds. The zero-order valence-electron chi connectivity index (χ0n) is 32.9. The average molecular weight is 760 g/mol. The van der Waals surface area contributed by atoms with E-state index < -0.39 is 22.8 Å². The van der Waals surface area contributed by atoms with Gasteiger partial charge in [-0.1, -0.05) is 82.3 Å². The molecule has 2 aliphatic heterocycles. The van der Waals surface area contributed by atoms with Gasteiger partial charge >= 0.3 is 6.18 Å². The molecule has 2 heterocycles. The van der Waals surface area contributed by atoms with E-state index in [2.05, 4.69) is 69.0 Å². The summed E-state index contributed by atoms with van der Waals surface area (Å²) in [4.78, 5) is 2.28. The van der Waals surface area contributed by atoms with E-state index in [1.54, 1.807) is 20.3 Å². The van der Waals surface area contributed by atoms with Gasteiger partial charge in [0.1, 0.15) is 17.2 Å². The lowest BCUT2D eigenvalue weighted by Gasteiger charge is -2.52. The minimum atomic E-state index is -4.49. The first kappa shape index (κ1) is 36.7. The van der Waals surface area contributed by atoms with Crippen molar-refractivity contribution < 1.29 is 32.1 Å². The minimum absolute atomic E-state index is 0.161. The summed E-state index contributed by atoms with van der Waals surface area (Å²) >= 11 is 0. The van der Waals surface area contributed by atoms with Crippen molar-refractivity contribution in [2.45, 2.75) is 64.1 Å². The predicted molar refractivity (Wildman–Crippen MR) is 216 cm³/mol. The van der Waals surface area contributed by atoms with Crippen LogP contribution in [-0.4, -0.2) is 40.5 Å². The molecule has 8 heteroatoms. The van der Waals surface area contributed by atoms with Crippen LogP contribution in [0.5, 0.6) is 17.2 Å². The maximum atomic E-state index is 14.7. The van der Waals surface area contributed by atoms with Crippen molar-refractivity contribution in [3.63, 3.8) is 0 Å². The van der Waals surface area contributed by atoms with Gasteiger partial charge in [-0.3, -0.25) is 0 Å². The molecule has 0 N–H and O–H groups in total. The quantitative estimate of drug-likeness (QED) is 0.178. The summed E-state index contributed by atoms with van der Waals surface area (Å²) in [6.07, 6.45) is 2.19. The first-order valence-electron chi connectivity index (χ1n) is 19.5. The Hall–Kier alpha value is -4.95. The second-order valence-electron chi connectivity index (χ2n) is 17.6. The van der Waals surface area contributed by atoms with Crippen LogP contribution in [0.3, 0.4) is 0 Å². The number of benzene rings is 5. The molecule has 1 saturated heterocycles. The standard InChI is InChI=1S/C48H48F3NO4/c1-44(2)27-45(3,4)29-46(28-44)38-24-32(48(49,50)51)14-17-34(38)41-36-25-39(52-20-22-55-23-21-52)40(54-6)26-37(36)43-35(42(41)46)18-19-47(56-43,30-10-8-7-9-11-30)31-12-15-33(53-5)16-13-31/h7-19,24-26H,20-23,27-29H2,1-6H3. The Balaban J connectivity index is 1.41. The van der Waals surface area contributed by atoms with Crippen molar-refractivity contribution in [1.82, 2.24) is 0 Å². The summed E-state index contributed by atoms with van der Waals surface area (Å²) in [5, 5.41) is 1.79. The molecule has 4 aliphatic rings. The molecule has 2 aliphatic carbocycles. The number of anilines is 1. The summed E-state index contributed by atoms with van der Waals surface area (Å²) in [5.41, 5.74) is 4.69. The molecule has 5 nitrogen and oxygen atoms in total. The Bertz CT molecular complexity index is 2360. The number of fused-ring (bicyclic) bond motifs is 10. The highest BCUT2D eigenvalue weighted by Crippen LogP contribution is 2.67. The monoisotopic (exact) mass is 759 g/mol. The molecule has 5 aromatic rings. The fraction of sp³-hybridized carbons (Fsp3) is 0.375. The van der Waals surface area contributed by atoms with Crippen LogP contribution in [-0.2, 0) is 21.9 Å². The summed E-state index contributed by atoms with van der Waals surface area (Å²) in [7, 11) is 3.34. The zero-order valence-corrected chi connectivity index (χ0v) is 32.9. The molecule has 290 valence electrons. The lowest BCUT2D eigenvalue weighted by atomic mass is 9.52. The van der Waals surface area contributed by atoms with E-state index in [9.17, 15) is 13.2 Å². The summed E-state index contributed by atoms with van der Waals surface area (Å²) in [5.74, 6) is 2.13. The molecule has 1 spiro atoms. The third kappa shape index (κ3) is 5.69. The number of alkyl halides is 3. The Morgan fingerprint density at radius 1 is 0.732 bits per heavy atom.